The molecule has 0 aromatic heterocycles. The summed E-state index contributed by atoms with van der Waals surface area (Å²) in [7, 11) is 0. The number of ether oxygens (including phenoxy) is 1. The third-order valence-corrected chi connectivity index (χ3v) is 5.20. The van der Waals surface area contributed by atoms with Gasteiger partial charge in [-0.3, -0.25) is 14.4 Å². The number of aliphatic carboxylic acids is 1. The number of benzene rings is 3. The lowest BCUT2D eigenvalue weighted by Gasteiger charge is -2.18. The highest BCUT2D eigenvalue weighted by Gasteiger charge is 2.22. The van der Waals surface area contributed by atoms with Crippen LogP contribution in [0.25, 0.3) is 11.1 Å². The molecule has 3 rings (SSSR count). The van der Waals surface area contributed by atoms with Crippen molar-refractivity contribution in [3.05, 3.63) is 90.0 Å². The van der Waals surface area contributed by atoms with Crippen LogP contribution in [0.3, 0.4) is 0 Å². The van der Waals surface area contributed by atoms with Crippen molar-refractivity contribution in [2.24, 2.45) is 0 Å². The quantitative estimate of drug-likeness (QED) is 0.401. The predicted octanol–water partition coefficient (Wildman–Crippen LogP) is 4.03. The summed E-state index contributed by atoms with van der Waals surface area (Å²) in [4.78, 5) is 36.5. The predicted molar refractivity (Wildman–Crippen MR) is 129 cm³/mol. The molecule has 34 heavy (non-hydrogen) atoms. The van der Waals surface area contributed by atoms with E-state index in [1.54, 1.807) is 12.1 Å². The van der Waals surface area contributed by atoms with E-state index in [1.165, 1.54) is 0 Å². The zero-order chi connectivity index (χ0) is 24.3. The number of rotatable bonds is 11. The number of hydrogen-bond acceptors (Lipinski definition) is 4. The van der Waals surface area contributed by atoms with Gasteiger partial charge in [-0.25, -0.2) is 0 Å². The minimum atomic E-state index is -1.03. The van der Waals surface area contributed by atoms with Gasteiger partial charge in [0.15, 0.2) is 0 Å². The number of carbonyl (C=O) groups is 3. The van der Waals surface area contributed by atoms with Crippen LogP contribution in [0.1, 0.15) is 35.7 Å². The van der Waals surface area contributed by atoms with Crippen LogP contribution in [0, 0.1) is 0 Å². The van der Waals surface area contributed by atoms with Gasteiger partial charge in [0, 0.05) is 18.5 Å². The first-order valence-corrected chi connectivity index (χ1v) is 11.1. The number of carbonyl (C=O) groups excluding carboxylic acids is 2. The highest BCUT2D eigenvalue weighted by Crippen LogP contribution is 2.24. The topological polar surface area (TPSA) is 105 Å². The molecule has 0 aliphatic carbocycles. The Balaban J connectivity index is 1.67. The smallest absolute Gasteiger partial charge is 0.303 e. The standard InChI is InChI=1S/C27H28N2O5/c1-2-34-23-10-6-9-22(17-23)20-11-13-21(14-12-20)26(32)29-24(15-16-25(30)31)27(33)28-18-19-7-4-3-5-8-19/h3-14,17,24H,2,15-16,18H2,1H3,(H,28,33)(H,29,32)(H,30,31)/t24-/m0/s1. The van der Waals surface area contributed by atoms with Crippen molar-refractivity contribution in [3.63, 3.8) is 0 Å². The highest BCUT2D eigenvalue weighted by atomic mass is 16.5. The summed E-state index contributed by atoms with van der Waals surface area (Å²) in [6, 6.07) is 23.0. The molecule has 0 spiro atoms. The van der Waals surface area contributed by atoms with E-state index in [2.05, 4.69) is 10.6 Å². The number of nitrogens with one attached hydrogen (secondary N) is 2. The van der Waals surface area contributed by atoms with Crippen LogP contribution in [-0.4, -0.2) is 35.5 Å². The second kappa shape index (κ2) is 12.2. The van der Waals surface area contributed by atoms with Crippen molar-refractivity contribution in [2.75, 3.05) is 6.61 Å². The van der Waals surface area contributed by atoms with Gasteiger partial charge < -0.3 is 20.5 Å². The molecule has 0 aliphatic heterocycles. The van der Waals surface area contributed by atoms with Gasteiger partial charge in [0.25, 0.3) is 5.91 Å². The molecule has 0 aliphatic rings. The molecule has 3 aromatic carbocycles. The summed E-state index contributed by atoms with van der Waals surface area (Å²) in [5.41, 5.74) is 3.16. The van der Waals surface area contributed by atoms with Crippen LogP contribution >= 0.6 is 0 Å². The molecule has 7 nitrogen and oxygen atoms in total. The number of hydrogen-bond donors (Lipinski definition) is 3. The highest BCUT2D eigenvalue weighted by molar-refractivity contribution is 5.98. The Hall–Kier alpha value is -4.13. The fraction of sp³-hybridized carbons (Fsp3) is 0.222. The summed E-state index contributed by atoms with van der Waals surface area (Å²) >= 11 is 0. The van der Waals surface area contributed by atoms with Crippen LogP contribution in [0.4, 0.5) is 0 Å². The zero-order valence-electron chi connectivity index (χ0n) is 19.0. The first-order valence-electron chi connectivity index (χ1n) is 11.1. The molecule has 0 unspecified atom stereocenters. The Morgan fingerprint density at radius 1 is 0.912 bits per heavy atom. The summed E-state index contributed by atoms with van der Waals surface area (Å²) in [5.74, 6) is -1.14. The zero-order valence-corrected chi connectivity index (χ0v) is 19.0. The fourth-order valence-corrected chi connectivity index (χ4v) is 3.43. The van der Waals surface area contributed by atoms with E-state index in [-0.39, 0.29) is 19.4 Å². The maximum atomic E-state index is 12.8. The molecule has 1 atom stereocenters. The van der Waals surface area contributed by atoms with E-state index in [0.29, 0.717) is 12.2 Å². The lowest BCUT2D eigenvalue weighted by molar-refractivity contribution is -0.137. The first kappa shape index (κ1) is 24.5. The minimum Gasteiger partial charge on any atom is -0.494 e. The van der Waals surface area contributed by atoms with Gasteiger partial charge in [0.2, 0.25) is 5.91 Å². The Labute approximate surface area is 198 Å². The molecular formula is C27H28N2O5. The second-order valence-electron chi connectivity index (χ2n) is 7.70. The maximum Gasteiger partial charge on any atom is 0.303 e. The molecule has 3 N–H and O–H groups in total. The van der Waals surface area contributed by atoms with E-state index in [9.17, 15) is 14.4 Å². The molecule has 0 saturated heterocycles. The summed E-state index contributed by atoms with van der Waals surface area (Å²) < 4.78 is 5.54. The van der Waals surface area contributed by atoms with Crippen molar-refractivity contribution in [1.82, 2.24) is 10.6 Å². The third kappa shape index (κ3) is 7.20. The minimum absolute atomic E-state index is 0.00992. The molecular weight excluding hydrogens is 432 g/mol. The van der Waals surface area contributed by atoms with Crippen molar-refractivity contribution in [2.45, 2.75) is 32.4 Å². The number of carboxylic acids is 1. The largest absolute Gasteiger partial charge is 0.494 e. The number of carboxylic acid groups (broad SMARTS) is 1. The summed E-state index contributed by atoms with van der Waals surface area (Å²) in [6.45, 7) is 2.78. The van der Waals surface area contributed by atoms with E-state index >= 15 is 0 Å². The van der Waals surface area contributed by atoms with Crippen LogP contribution < -0.4 is 15.4 Å². The van der Waals surface area contributed by atoms with Crippen molar-refractivity contribution >= 4 is 17.8 Å². The molecule has 0 heterocycles. The molecule has 3 aromatic rings. The Bertz CT molecular complexity index is 1110. The average molecular weight is 461 g/mol. The molecule has 0 radical (unpaired) electrons. The van der Waals surface area contributed by atoms with Gasteiger partial charge in [-0.1, -0.05) is 54.6 Å². The second-order valence-corrected chi connectivity index (χ2v) is 7.70. The molecule has 2 amide bonds. The van der Waals surface area contributed by atoms with Crippen LogP contribution in [0.5, 0.6) is 5.75 Å². The van der Waals surface area contributed by atoms with Gasteiger partial charge in [-0.05, 0) is 54.3 Å². The van der Waals surface area contributed by atoms with Gasteiger partial charge in [-0.15, -0.1) is 0 Å². The Morgan fingerprint density at radius 3 is 2.32 bits per heavy atom. The molecule has 176 valence electrons. The molecule has 0 bridgehead atoms. The average Bonchev–Trinajstić information content (AvgIpc) is 2.86. The Morgan fingerprint density at radius 2 is 1.65 bits per heavy atom. The monoisotopic (exact) mass is 460 g/mol. The van der Waals surface area contributed by atoms with Crippen LogP contribution in [0.2, 0.25) is 0 Å². The van der Waals surface area contributed by atoms with E-state index in [1.807, 2.05) is 73.7 Å². The Kier molecular flexibility index (Phi) is 8.80. The maximum absolute atomic E-state index is 12.8. The van der Waals surface area contributed by atoms with Crippen LogP contribution in [-0.2, 0) is 16.1 Å². The molecule has 7 heteroatoms. The fourth-order valence-electron chi connectivity index (χ4n) is 3.43. The van der Waals surface area contributed by atoms with Gasteiger partial charge in [-0.2, -0.15) is 0 Å². The lowest BCUT2D eigenvalue weighted by atomic mass is 10.0. The summed E-state index contributed by atoms with van der Waals surface area (Å²) in [6.07, 6.45) is -0.247. The van der Waals surface area contributed by atoms with Gasteiger partial charge >= 0.3 is 5.97 Å². The van der Waals surface area contributed by atoms with Gasteiger partial charge in [0.1, 0.15) is 11.8 Å². The van der Waals surface area contributed by atoms with E-state index < -0.39 is 23.8 Å². The lowest BCUT2D eigenvalue weighted by Crippen LogP contribution is -2.46. The van der Waals surface area contributed by atoms with Crippen LogP contribution in [0.15, 0.2) is 78.9 Å². The van der Waals surface area contributed by atoms with E-state index in [4.69, 9.17) is 9.84 Å². The van der Waals surface area contributed by atoms with Crippen molar-refractivity contribution in [1.29, 1.82) is 0 Å². The number of amides is 2. The summed E-state index contributed by atoms with van der Waals surface area (Å²) in [5, 5.41) is 14.5. The van der Waals surface area contributed by atoms with Crippen molar-refractivity contribution < 1.29 is 24.2 Å². The van der Waals surface area contributed by atoms with Gasteiger partial charge in [0.05, 0.1) is 6.61 Å². The normalized spacial score (nSPS) is 11.3. The van der Waals surface area contributed by atoms with Crippen molar-refractivity contribution in [3.8, 4) is 16.9 Å². The third-order valence-electron chi connectivity index (χ3n) is 5.20. The first-order chi connectivity index (χ1) is 16.5. The SMILES string of the molecule is CCOc1cccc(-c2ccc(C(=O)N[C@@H](CCC(=O)O)C(=O)NCc3ccccc3)cc2)c1. The molecule has 0 saturated carbocycles. The van der Waals surface area contributed by atoms with E-state index in [0.717, 1.165) is 22.4 Å². The molecule has 0 fully saturated rings.